The van der Waals surface area contributed by atoms with Gasteiger partial charge in [0, 0.05) is 13.1 Å². The number of nitrogens with one attached hydrogen (secondary N) is 1. The molecule has 0 saturated heterocycles. The number of aryl methyl sites for hydroxylation is 1. The maximum atomic E-state index is 4.30. The molecule has 3 aromatic heterocycles. The van der Waals surface area contributed by atoms with Crippen molar-refractivity contribution < 1.29 is 0 Å². The van der Waals surface area contributed by atoms with Crippen molar-refractivity contribution in [1.29, 1.82) is 0 Å². The Kier molecular flexibility index (Phi) is 3.53. The average Bonchev–Trinajstić information content (AvgIpc) is 2.98. The molecule has 0 atom stereocenters. The fourth-order valence-corrected chi connectivity index (χ4v) is 3.53. The minimum absolute atomic E-state index is 0.338. The Morgan fingerprint density at radius 3 is 2.95 bits per heavy atom. The molecule has 0 aliphatic rings. The first kappa shape index (κ1) is 13.3. The van der Waals surface area contributed by atoms with Gasteiger partial charge in [0.15, 0.2) is 9.99 Å². The Labute approximate surface area is 123 Å². The third-order valence-electron chi connectivity index (χ3n) is 2.50. The monoisotopic (exact) mass is 307 g/mol. The summed E-state index contributed by atoms with van der Waals surface area (Å²) >= 11 is 2.99. The van der Waals surface area contributed by atoms with Gasteiger partial charge in [-0.15, -0.1) is 10.2 Å². The average molecular weight is 307 g/mol. The van der Waals surface area contributed by atoms with Crippen molar-refractivity contribution in [3.63, 3.8) is 0 Å². The SMILES string of the molecule is CC(C)Nc1nnc(Sc2ncnc3c2cnn3C)s1. The van der Waals surface area contributed by atoms with Gasteiger partial charge in [0.2, 0.25) is 5.13 Å². The van der Waals surface area contributed by atoms with Crippen molar-refractivity contribution in [3.05, 3.63) is 12.5 Å². The first-order valence-corrected chi connectivity index (χ1v) is 7.67. The molecule has 0 unspecified atom stereocenters. The van der Waals surface area contributed by atoms with Crippen LogP contribution in [0.4, 0.5) is 5.13 Å². The topological polar surface area (TPSA) is 81.4 Å². The summed E-state index contributed by atoms with van der Waals surface area (Å²) in [4.78, 5) is 8.52. The molecule has 104 valence electrons. The van der Waals surface area contributed by atoms with Crippen LogP contribution in [0.1, 0.15) is 13.8 Å². The molecule has 3 aromatic rings. The van der Waals surface area contributed by atoms with E-state index in [-0.39, 0.29) is 0 Å². The van der Waals surface area contributed by atoms with Crippen LogP contribution in [0.5, 0.6) is 0 Å². The third kappa shape index (κ3) is 2.59. The number of hydrogen-bond donors (Lipinski definition) is 1. The number of aromatic nitrogens is 6. The highest BCUT2D eigenvalue weighted by molar-refractivity contribution is 8.01. The van der Waals surface area contributed by atoms with E-state index in [2.05, 4.69) is 44.4 Å². The van der Waals surface area contributed by atoms with Gasteiger partial charge in [-0.1, -0.05) is 11.3 Å². The van der Waals surface area contributed by atoms with Gasteiger partial charge in [-0.25, -0.2) is 9.97 Å². The van der Waals surface area contributed by atoms with Gasteiger partial charge in [0.05, 0.1) is 11.6 Å². The molecule has 9 heteroatoms. The van der Waals surface area contributed by atoms with Crippen molar-refractivity contribution in [2.45, 2.75) is 29.3 Å². The van der Waals surface area contributed by atoms with Gasteiger partial charge in [-0.2, -0.15) is 5.10 Å². The molecule has 1 N–H and O–H groups in total. The second-order valence-corrected chi connectivity index (χ2v) is 6.67. The molecular weight excluding hydrogens is 294 g/mol. The van der Waals surface area contributed by atoms with Crippen molar-refractivity contribution in [2.24, 2.45) is 7.05 Å². The molecule has 0 aromatic carbocycles. The molecule has 0 aliphatic carbocycles. The van der Waals surface area contributed by atoms with E-state index >= 15 is 0 Å². The molecule has 0 aliphatic heterocycles. The lowest BCUT2D eigenvalue weighted by molar-refractivity contribution is 0.784. The van der Waals surface area contributed by atoms with E-state index in [0.29, 0.717) is 6.04 Å². The first-order valence-electron chi connectivity index (χ1n) is 6.04. The maximum absolute atomic E-state index is 4.30. The Morgan fingerprint density at radius 2 is 2.15 bits per heavy atom. The quantitative estimate of drug-likeness (QED) is 0.740. The molecule has 3 heterocycles. The van der Waals surface area contributed by atoms with Gasteiger partial charge in [-0.05, 0) is 25.6 Å². The van der Waals surface area contributed by atoms with E-state index < -0.39 is 0 Å². The van der Waals surface area contributed by atoms with Crippen LogP contribution in [0.2, 0.25) is 0 Å². The fourth-order valence-electron chi connectivity index (χ4n) is 1.66. The molecule has 0 spiro atoms. The third-order valence-corrected chi connectivity index (χ3v) is 4.42. The Balaban J connectivity index is 1.87. The fraction of sp³-hybridized carbons (Fsp3) is 0.364. The highest BCUT2D eigenvalue weighted by Gasteiger charge is 2.12. The zero-order valence-electron chi connectivity index (χ0n) is 11.2. The van der Waals surface area contributed by atoms with Gasteiger partial charge >= 0.3 is 0 Å². The van der Waals surface area contributed by atoms with E-state index in [4.69, 9.17) is 0 Å². The van der Waals surface area contributed by atoms with E-state index in [1.54, 1.807) is 17.2 Å². The van der Waals surface area contributed by atoms with Crippen molar-refractivity contribution >= 4 is 39.3 Å². The summed E-state index contributed by atoms with van der Waals surface area (Å²) < 4.78 is 2.57. The van der Waals surface area contributed by atoms with Gasteiger partial charge in [0.1, 0.15) is 11.4 Å². The number of nitrogens with zero attached hydrogens (tertiary/aromatic N) is 6. The molecule has 0 bridgehead atoms. The molecular formula is C11H13N7S2. The van der Waals surface area contributed by atoms with Crippen LogP contribution in [-0.2, 0) is 7.05 Å². The largest absolute Gasteiger partial charge is 0.358 e. The van der Waals surface area contributed by atoms with Gasteiger partial charge < -0.3 is 5.32 Å². The van der Waals surface area contributed by atoms with E-state index in [9.17, 15) is 0 Å². The molecule has 7 nitrogen and oxygen atoms in total. The second kappa shape index (κ2) is 5.33. The maximum Gasteiger partial charge on any atom is 0.206 e. The van der Waals surface area contributed by atoms with Crippen LogP contribution in [0, 0.1) is 0 Å². The molecule has 0 radical (unpaired) electrons. The summed E-state index contributed by atoms with van der Waals surface area (Å²) in [6.45, 7) is 4.13. The summed E-state index contributed by atoms with van der Waals surface area (Å²) in [6.07, 6.45) is 3.31. The smallest absolute Gasteiger partial charge is 0.206 e. The van der Waals surface area contributed by atoms with Crippen LogP contribution >= 0.6 is 23.1 Å². The lowest BCUT2D eigenvalue weighted by Gasteiger charge is -2.03. The highest BCUT2D eigenvalue weighted by Crippen LogP contribution is 2.33. The van der Waals surface area contributed by atoms with Crippen LogP contribution in [-0.4, -0.2) is 36.0 Å². The van der Waals surface area contributed by atoms with Crippen molar-refractivity contribution in [3.8, 4) is 0 Å². The Bertz CT molecular complexity index is 733. The zero-order valence-corrected chi connectivity index (χ0v) is 12.9. The van der Waals surface area contributed by atoms with Crippen LogP contribution in [0.25, 0.3) is 11.0 Å². The summed E-state index contributed by atoms with van der Waals surface area (Å²) in [7, 11) is 1.86. The first-order chi connectivity index (χ1) is 9.63. The minimum Gasteiger partial charge on any atom is -0.358 e. The van der Waals surface area contributed by atoms with Gasteiger partial charge in [0.25, 0.3) is 0 Å². The van der Waals surface area contributed by atoms with Crippen molar-refractivity contribution in [2.75, 3.05) is 5.32 Å². The summed E-state index contributed by atoms with van der Waals surface area (Å²) in [5.41, 5.74) is 0.813. The molecule has 0 saturated carbocycles. The summed E-state index contributed by atoms with van der Waals surface area (Å²) in [5, 5.41) is 18.3. The number of hydrogen-bond acceptors (Lipinski definition) is 8. The molecule has 0 fully saturated rings. The van der Waals surface area contributed by atoms with Crippen LogP contribution < -0.4 is 5.32 Å². The normalized spacial score (nSPS) is 11.4. The zero-order chi connectivity index (χ0) is 14.1. The number of anilines is 1. The number of rotatable bonds is 4. The van der Waals surface area contributed by atoms with Crippen LogP contribution in [0.15, 0.2) is 21.9 Å². The van der Waals surface area contributed by atoms with Crippen LogP contribution in [0.3, 0.4) is 0 Å². The molecule has 3 rings (SSSR count). The predicted molar refractivity (Wildman–Crippen MR) is 79.1 cm³/mol. The lowest BCUT2D eigenvalue weighted by atomic mass is 10.4. The second-order valence-electron chi connectivity index (χ2n) is 4.46. The van der Waals surface area contributed by atoms with Crippen molar-refractivity contribution in [1.82, 2.24) is 29.9 Å². The number of fused-ring (bicyclic) bond motifs is 1. The Hall–Kier alpha value is -1.74. The lowest BCUT2D eigenvalue weighted by Crippen LogP contribution is -2.08. The highest BCUT2D eigenvalue weighted by atomic mass is 32.2. The minimum atomic E-state index is 0.338. The van der Waals surface area contributed by atoms with E-state index in [1.165, 1.54) is 23.1 Å². The predicted octanol–water partition coefficient (Wildman–Crippen LogP) is 2.19. The van der Waals surface area contributed by atoms with Gasteiger partial charge in [-0.3, -0.25) is 4.68 Å². The Morgan fingerprint density at radius 1 is 1.30 bits per heavy atom. The molecule has 20 heavy (non-hydrogen) atoms. The van der Waals surface area contributed by atoms with E-state index in [1.807, 2.05) is 7.05 Å². The summed E-state index contributed by atoms with van der Waals surface area (Å²) in [5.74, 6) is 0. The van der Waals surface area contributed by atoms with E-state index in [0.717, 1.165) is 25.5 Å². The summed E-state index contributed by atoms with van der Waals surface area (Å²) in [6, 6.07) is 0.338. The standard InChI is InChI=1S/C11H13N7S2/c1-6(2)15-10-16-17-11(20-10)19-9-7-4-14-18(3)8(7)12-5-13-9/h4-6H,1-3H3,(H,15,16). The molecule has 0 amide bonds.